The van der Waals surface area contributed by atoms with Gasteiger partial charge < -0.3 is 9.47 Å². The smallest absolute Gasteiger partial charge is 0.311 e. The fraction of sp³-hybridized carbons (Fsp3) is 0.680. The van der Waals surface area contributed by atoms with Crippen molar-refractivity contribution in [2.45, 2.75) is 104 Å². The molecule has 5 heteroatoms. The van der Waals surface area contributed by atoms with Crippen molar-refractivity contribution in [2.24, 2.45) is 0 Å². The third kappa shape index (κ3) is 13.6. The van der Waals surface area contributed by atoms with Gasteiger partial charge in [-0.25, -0.2) is 0 Å². The van der Waals surface area contributed by atoms with Crippen LogP contribution in [0.15, 0.2) is 18.2 Å². The number of hydrogen-bond donors (Lipinski definition) is 0. The first-order chi connectivity index (χ1) is 14.5. The van der Waals surface area contributed by atoms with E-state index in [4.69, 9.17) is 21.1 Å². The van der Waals surface area contributed by atoms with Gasteiger partial charge in [0.2, 0.25) is 0 Å². The zero-order valence-corrected chi connectivity index (χ0v) is 19.6. The fourth-order valence-electron chi connectivity index (χ4n) is 3.26. The summed E-state index contributed by atoms with van der Waals surface area (Å²) in [5.41, 5.74) is 0.966. The molecule has 0 saturated carbocycles. The van der Waals surface area contributed by atoms with E-state index in [1.165, 1.54) is 57.8 Å². The topological polar surface area (TPSA) is 52.6 Å². The van der Waals surface area contributed by atoms with Crippen LogP contribution in [0.3, 0.4) is 0 Å². The largest absolute Gasteiger partial charge is 0.466 e. The number of rotatable bonds is 17. The van der Waals surface area contributed by atoms with Gasteiger partial charge in [0.15, 0.2) is 0 Å². The van der Waals surface area contributed by atoms with Gasteiger partial charge in [0.25, 0.3) is 0 Å². The Bertz CT molecular complexity index is 615. The summed E-state index contributed by atoms with van der Waals surface area (Å²) < 4.78 is 10.5. The maximum atomic E-state index is 11.9. The van der Waals surface area contributed by atoms with Crippen LogP contribution in [0.25, 0.3) is 0 Å². The number of esters is 2. The van der Waals surface area contributed by atoms with E-state index in [9.17, 15) is 9.59 Å². The van der Waals surface area contributed by atoms with Gasteiger partial charge in [-0.1, -0.05) is 88.8 Å². The lowest BCUT2D eigenvalue weighted by atomic mass is 10.1. The Hall–Kier alpha value is -1.55. The first kappa shape index (κ1) is 26.5. The number of aryl methyl sites for hydroxylation is 1. The summed E-state index contributed by atoms with van der Waals surface area (Å²) in [5, 5.41) is 0.403. The van der Waals surface area contributed by atoms with Gasteiger partial charge in [-0.3, -0.25) is 9.59 Å². The molecule has 0 N–H and O–H groups in total. The summed E-state index contributed by atoms with van der Waals surface area (Å²) in [6.07, 6.45) is 14.8. The molecule has 30 heavy (non-hydrogen) atoms. The van der Waals surface area contributed by atoms with Crippen molar-refractivity contribution in [1.29, 1.82) is 0 Å². The van der Waals surface area contributed by atoms with Crippen molar-refractivity contribution in [3.05, 3.63) is 28.8 Å². The van der Waals surface area contributed by atoms with E-state index < -0.39 is 0 Å². The number of benzene rings is 1. The van der Waals surface area contributed by atoms with Crippen molar-refractivity contribution in [3.8, 4) is 5.75 Å². The van der Waals surface area contributed by atoms with Crippen molar-refractivity contribution in [2.75, 3.05) is 6.61 Å². The average molecular weight is 439 g/mol. The Morgan fingerprint density at radius 3 is 2.00 bits per heavy atom. The molecule has 1 rings (SSSR count). The lowest BCUT2D eigenvalue weighted by molar-refractivity contribution is -0.144. The van der Waals surface area contributed by atoms with Crippen LogP contribution in [0.1, 0.15) is 102 Å². The number of ether oxygens (including phenoxy) is 2. The number of hydrogen-bond acceptors (Lipinski definition) is 4. The van der Waals surface area contributed by atoms with E-state index in [0.717, 1.165) is 18.4 Å². The minimum Gasteiger partial charge on any atom is -0.466 e. The van der Waals surface area contributed by atoms with Crippen LogP contribution in [-0.4, -0.2) is 18.5 Å². The lowest BCUT2D eigenvalue weighted by Gasteiger charge is -2.07. The average Bonchev–Trinajstić information content (AvgIpc) is 2.71. The summed E-state index contributed by atoms with van der Waals surface area (Å²) in [7, 11) is 0. The van der Waals surface area contributed by atoms with Gasteiger partial charge >= 0.3 is 11.9 Å². The molecule has 0 saturated heterocycles. The quantitative estimate of drug-likeness (QED) is 0.143. The van der Waals surface area contributed by atoms with Gasteiger partial charge in [0.05, 0.1) is 11.6 Å². The van der Waals surface area contributed by atoms with Crippen molar-refractivity contribution in [3.63, 3.8) is 0 Å². The number of halogens is 1. The SMILES string of the molecule is CCCCCCCCCCCCCOC(=O)CCCC(=O)Oc1cc(C)ccc1Cl. The predicted octanol–water partition coefficient (Wildman–Crippen LogP) is 7.58. The molecule has 0 atom stereocenters. The molecular weight excluding hydrogens is 400 g/mol. The van der Waals surface area contributed by atoms with Crippen LogP contribution in [0.2, 0.25) is 5.02 Å². The summed E-state index contributed by atoms with van der Waals surface area (Å²) >= 11 is 6.01. The minimum absolute atomic E-state index is 0.164. The second kappa shape index (κ2) is 17.2. The zero-order valence-electron chi connectivity index (χ0n) is 18.8. The monoisotopic (exact) mass is 438 g/mol. The van der Waals surface area contributed by atoms with Gasteiger partial charge in [-0.2, -0.15) is 0 Å². The second-order valence-corrected chi connectivity index (χ2v) is 8.42. The van der Waals surface area contributed by atoms with Gasteiger partial charge in [0, 0.05) is 12.8 Å². The molecule has 0 aliphatic carbocycles. The highest BCUT2D eigenvalue weighted by molar-refractivity contribution is 6.32. The molecule has 0 aliphatic rings. The molecular formula is C25H39ClO4. The van der Waals surface area contributed by atoms with Crippen LogP contribution < -0.4 is 4.74 Å². The highest BCUT2D eigenvalue weighted by atomic mass is 35.5. The summed E-state index contributed by atoms with van der Waals surface area (Å²) in [6.45, 7) is 4.62. The lowest BCUT2D eigenvalue weighted by Crippen LogP contribution is -2.11. The second-order valence-electron chi connectivity index (χ2n) is 8.02. The summed E-state index contributed by atoms with van der Waals surface area (Å²) in [4.78, 5) is 23.7. The zero-order chi connectivity index (χ0) is 22.0. The highest BCUT2D eigenvalue weighted by Crippen LogP contribution is 2.25. The minimum atomic E-state index is -0.388. The highest BCUT2D eigenvalue weighted by Gasteiger charge is 2.10. The number of unbranched alkanes of at least 4 members (excludes halogenated alkanes) is 10. The molecule has 0 fully saturated rings. The van der Waals surface area contributed by atoms with Gasteiger partial charge in [0.1, 0.15) is 5.75 Å². The van der Waals surface area contributed by atoms with Crippen molar-refractivity contribution < 1.29 is 19.1 Å². The summed E-state index contributed by atoms with van der Waals surface area (Å²) in [5.74, 6) is -0.273. The Morgan fingerprint density at radius 2 is 1.37 bits per heavy atom. The van der Waals surface area contributed by atoms with Crippen LogP contribution in [0.4, 0.5) is 0 Å². The molecule has 0 aromatic heterocycles. The third-order valence-electron chi connectivity index (χ3n) is 5.08. The Labute approximate surface area is 187 Å². The van der Waals surface area contributed by atoms with Crippen molar-refractivity contribution >= 4 is 23.5 Å². The summed E-state index contributed by atoms with van der Waals surface area (Å²) in [6, 6.07) is 5.28. The van der Waals surface area contributed by atoms with E-state index >= 15 is 0 Å². The van der Waals surface area contributed by atoms with Crippen LogP contribution in [0, 0.1) is 6.92 Å². The molecule has 1 aromatic rings. The maximum absolute atomic E-state index is 11.9. The van der Waals surface area contributed by atoms with Crippen LogP contribution >= 0.6 is 11.6 Å². The molecule has 0 aliphatic heterocycles. The molecule has 0 amide bonds. The molecule has 0 unspecified atom stereocenters. The van der Waals surface area contributed by atoms with Crippen molar-refractivity contribution in [1.82, 2.24) is 0 Å². The van der Waals surface area contributed by atoms with E-state index in [0.29, 0.717) is 23.8 Å². The molecule has 170 valence electrons. The number of carbonyl (C=O) groups excluding carboxylic acids is 2. The van der Waals surface area contributed by atoms with Gasteiger partial charge in [-0.15, -0.1) is 0 Å². The third-order valence-corrected chi connectivity index (χ3v) is 5.40. The van der Waals surface area contributed by atoms with Crippen LogP contribution in [0.5, 0.6) is 5.75 Å². The Balaban J connectivity index is 1.95. The molecule has 4 nitrogen and oxygen atoms in total. The molecule has 1 aromatic carbocycles. The Kier molecular flexibility index (Phi) is 15.2. The molecule has 0 spiro atoms. The first-order valence-electron chi connectivity index (χ1n) is 11.7. The van der Waals surface area contributed by atoms with Crippen LogP contribution in [-0.2, 0) is 14.3 Å². The molecule has 0 radical (unpaired) electrons. The fourth-order valence-corrected chi connectivity index (χ4v) is 3.42. The maximum Gasteiger partial charge on any atom is 0.311 e. The predicted molar refractivity (Wildman–Crippen MR) is 123 cm³/mol. The Morgan fingerprint density at radius 1 is 0.800 bits per heavy atom. The first-order valence-corrected chi connectivity index (χ1v) is 12.0. The molecule has 0 heterocycles. The normalized spacial score (nSPS) is 10.8. The van der Waals surface area contributed by atoms with Gasteiger partial charge in [-0.05, 0) is 37.5 Å². The molecule has 0 bridgehead atoms. The van der Waals surface area contributed by atoms with E-state index in [2.05, 4.69) is 6.92 Å². The standard InChI is InChI=1S/C25H39ClO4/c1-3-4-5-6-7-8-9-10-11-12-13-19-29-24(27)15-14-16-25(28)30-23-20-21(2)17-18-22(23)26/h17-18,20H,3-16,19H2,1-2H3. The van der Waals surface area contributed by atoms with E-state index in [1.54, 1.807) is 12.1 Å². The van der Waals surface area contributed by atoms with E-state index in [1.807, 2.05) is 13.0 Å². The van der Waals surface area contributed by atoms with E-state index in [-0.39, 0.29) is 24.8 Å². The number of carbonyl (C=O) groups is 2.